The maximum absolute atomic E-state index is 13.2. The second-order valence-corrected chi connectivity index (χ2v) is 8.52. The molecule has 2 amide bonds. The lowest BCUT2D eigenvalue weighted by molar-refractivity contribution is -0.274. The van der Waals surface area contributed by atoms with Crippen LogP contribution in [0, 0.1) is 0 Å². The zero-order chi connectivity index (χ0) is 23.8. The Morgan fingerprint density at radius 1 is 1.12 bits per heavy atom. The first-order valence-electron chi connectivity index (χ1n) is 11.5. The third kappa shape index (κ3) is 7.67. The van der Waals surface area contributed by atoms with E-state index in [0.29, 0.717) is 18.3 Å². The van der Waals surface area contributed by atoms with Crippen LogP contribution in [-0.4, -0.2) is 47.4 Å². The van der Waals surface area contributed by atoms with Crippen molar-refractivity contribution in [2.24, 2.45) is 0 Å². The minimum absolute atomic E-state index is 0.0862. The highest BCUT2D eigenvalue weighted by Gasteiger charge is 2.31. The number of hydrogen-bond donors (Lipinski definition) is 1. The topological polar surface area (TPSA) is 44.8 Å². The molecule has 180 valence electrons. The average molecular weight is 464 g/mol. The zero-order valence-electron chi connectivity index (χ0n) is 19.1. The second-order valence-electron chi connectivity index (χ2n) is 8.52. The summed E-state index contributed by atoms with van der Waals surface area (Å²) in [6, 6.07) is 15.4. The van der Waals surface area contributed by atoms with Gasteiger partial charge in [-0.25, -0.2) is 4.79 Å². The predicted octanol–water partition coefficient (Wildman–Crippen LogP) is 6.27. The Hall–Kier alpha value is -2.74. The Morgan fingerprint density at radius 3 is 2.33 bits per heavy atom. The molecule has 1 heterocycles. The smallest absolute Gasteiger partial charge is 0.406 e. The highest BCUT2D eigenvalue weighted by Crippen LogP contribution is 2.26. The third-order valence-corrected chi connectivity index (χ3v) is 6.07. The van der Waals surface area contributed by atoms with E-state index in [4.69, 9.17) is 0 Å². The number of benzene rings is 2. The highest BCUT2D eigenvalue weighted by atomic mass is 19.4. The molecule has 33 heavy (non-hydrogen) atoms. The van der Waals surface area contributed by atoms with Crippen molar-refractivity contribution >= 4 is 11.7 Å². The number of amides is 2. The van der Waals surface area contributed by atoms with Gasteiger partial charge in [-0.15, -0.1) is 13.2 Å². The molecule has 0 spiro atoms. The van der Waals surface area contributed by atoms with Crippen molar-refractivity contribution in [2.75, 3.05) is 18.4 Å². The van der Waals surface area contributed by atoms with Crippen LogP contribution in [-0.2, 0) is 6.54 Å². The minimum Gasteiger partial charge on any atom is -0.406 e. The van der Waals surface area contributed by atoms with Gasteiger partial charge in [0.05, 0.1) is 0 Å². The van der Waals surface area contributed by atoms with Crippen molar-refractivity contribution in [3.63, 3.8) is 0 Å². The summed E-state index contributed by atoms with van der Waals surface area (Å²) >= 11 is 0. The molecule has 0 aromatic heterocycles. The number of nitrogens with zero attached hydrogens (tertiary/aromatic N) is 2. The maximum Gasteiger partial charge on any atom is 0.573 e. The molecule has 1 N–H and O–H groups in total. The Bertz CT molecular complexity index is 867. The molecule has 1 fully saturated rings. The lowest BCUT2D eigenvalue weighted by Crippen LogP contribution is -2.50. The number of alkyl halides is 3. The number of likely N-dealkylation sites (tertiary alicyclic amines) is 1. The maximum atomic E-state index is 13.2. The van der Waals surface area contributed by atoms with Gasteiger partial charge >= 0.3 is 12.4 Å². The molecular formula is C25H32F3N3O2. The molecular weight excluding hydrogens is 431 g/mol. The van der Waals surface area contributed by atoms with E-state index in [1.807, 2.05) is 35.2 Å². The molecule has 0 radical (unpaired) electrons. The van der Waals surface area contributed by atoms with Crippen molar-refractivity contribution < 1.29 is 22.7 Å². The summed E-state index contributed by atoms with van der Waals surface area (Å²) < 4.78 is 41.1. The molecule has 2 aromatic carbocycles. The summed E-state index contributed by atoms with van der Waals surface area (Å²) in [5.74, 6) is -0.324. The lowest BCUT2D eigenvalue weighted by atomic mass is 10.00. The number of carbonyl (C=O) groups excluding carboxylic acids is 1. The first kappa shape index (κ1) is 24.9. The van der Waals surface area contributed by atoms with Gasteiger partial charge in [0.25, 0.3) is 0 Å². The van der Waals surface area contributed by atoms with Crippen molar-refractivity contribution in [3.05, 3.63) is 60.2 Å². The highest BCUT2D eigenvalue weighted by molar-refractivity contribution is 5.89. The SMILES string of the molecule is CCCC(C)N1CCC(N(Cc2ccccc2)C(=O)Nc2ccc(OC(F)(F)F)cc2)CC1. The van der Waals surface area contributed by atoms with Crippen molar-refractivity contribution in [2.45, 2.75) is 64.5 Å². The quantitative estimate of drug-likeness (QED) is 0.502. The summed E-state index contributed by atoms with van der Waals surface area (Å²) in [7, 11) is 0. The number of piperidine rings is 1. The number of nitrogens with one attached hydrogen (secondary N) is 1. The van der Waals surface area contributed by atoms with Crippen LogP contribution >= 0.6 is 0 Å². The number of ether oxygens (including phenoxy) is 1. The van der Waals surface area contributed by atoms with Gasteiger partial charge in [0, 0.05) is 37.4 Å². The van der Waals surface area contributed by atoms with E-state index < -0.39 is 6.36 Å². The summed E-state index contributed by atoms with van der Waals surface area (Å²) in [5.41, 5.74) is 1.45. The van der Waals surface area contributed by atoms with Gasteiger partial charge in [-0.05, 0) is 56.0 Å². The predicted molar refractivity (Wildman–Crippen MR) is 123 cm³/mol. The Balaban J connectivity index is 1.68. The zero-order valence-corrected chi connectivity index (χ0v) is 19.1. The molecule has 0 aliphatic carbocycles. The first-order chi connectivity index (χ1) is 15.7. The van der Waals surface area contributed by atoms with Gasteiger partial charge in [0.1, 0.15) is 5.75 Å². The number of carbonyl (C=O) groups is 1. The number of halogens is 3. The lowest BCUT2D eigenvalue weighted by Gasteiger charge is -2.40. The van der Waals surface area contributed by atoms with Crippen LogP contribution in [0.4, 0.5) is 23.7 Å². The molecule has 1 saturated heterocycles. The van der Waals surface area contributed by atoms with Crippen LogP contribution < -0.4 is 10.1 Å². The summed E-state index contributed by atoms with van der Waals surface area (Å²) in [6.45, 7) is 6.79. The molecule has 0 saturated carbocycles. The van der Waals surface area contributed by atoms with Crippen molar-refractivity contribution in [1.82, 2.24) is 9.80 Å². The van der Waals surface area contributed by atoms with E-state index in [9.17, 15) is 18.0 Å². The molecule has 1 aliphatic rings. The van der Waals surface area contributed by atoms with E-state index in [-0.39, 0.29) is 17.8 Å². The van der Waals surface area contributed by atoms with Crippen molar-refractivity contribution in [3.8, 4) is 5.75 Å². The van der Waals surface area contributed by atoms with Gasteiger partial charge < -0.3 is 19.9 Å². The molecule has 1 unspecified atom stereocenters. The Morgan fingerprint density at radius 2 is 1.76 bits per heavy atom. The van der Waals surface area contributed by atoms with Gasteiger partial charge in [0.15, 0.2) is 0 Å². The van der Waals surface area contributed by atoms with Crippen LogP contribution in [0.2, 0.25) is 0 Å². The number of urea groups is 1. The standard InChI is InChI=1S/C25H32F3N3O2/c1-3-7-19(2)30-16-14-22(15-17-30)31(18-20-8-5-4-6-9-20)24(32)29-21-10-12-23(13-11-21)33-25(26,27)28/h4-6,8-13,19,22H,3,7,14-18H2,1-2H3,(H,29,32). The third-order valence-electron chi connectivity index (χ3n) is 6.07. The molecule has 2 aromatic rings. The monoisotopic (exact) mass is 463 g/mol. The fraction of sp³-hybridized carbons (Fsp3) is 0.480. The molecule has 1 aliphatic heterocycles. The molecule has 0 bridgehead atoms. The van der Waals surface area contributed by atoms with Gasteiger partial charge in [-0.2, -0.15) is 0 Å². The van der Waals surface area contributed by atoms with E-state index in [0.717, 1.165) is 44.3 Å². The number of anilines is 1. The number of rotatable bonds is 8. The molecule has 8 heteroatoms. The average Bonchev–Trinajstić information content (AvgIpc) is 2.79. The first-order valence-corrected chi connectivity index (χ1v) is 11.5. The van der Waals surface area contributed by atoms with Gasteiger partial charge in [0.2, 0.25) is 0 Å². The molecule has 1 atom stereocenters. The normalized spacial score (nSPS) is 16.3. The fourth-order valence-electron chi connectivity index (χ4n) is 4.32. The minimum atomic E-state index is -4.75. The van der Waals surface area contributed by atoms with E-state index in [1.54, 1.807) is 0 Å². The van der Waals surface area contributed by atoms with Crippen LogP contribution in [0.1, 0.15) is 45.1 Å². The Kier molecular flexibility index (Phi) is 8.61. The Labute approximate surface area is 193 Å². The van der Waals surface area contributed by atoms with Crippen molar-refractivity contribution in [1.29, 1.82) is 0 Å². The van der Waals surface area contributed by atoms with Crippen LogP contribution in [0.25, 0.3) is 0 Å². The summed E-state index contributed by atoms with van der Waals surface area (Å²) in [4.78, 5) is 17.6. The van der Waals surface area contributed by atoms with Gasteiger partial charge in [-0.3, -0.25) is 0 Å². The van der Waals surface area contributed by atoms with E-state index >= 15 is 0 Å². The van der Waals surface area contributed by atoms with Crippen LogP contribution in [0.5, 0.6) is 5.75 Å². The largest absolute Gasteiger partial charge is 0.573 e. The molecule has 5 nitrogen and oxygen atoms in total. The fourth-order valence-corrected chi connectivity index (χ4v) is 4.32. The van der Waals surface area contributed by atoms with E-state index in [1.165, 1.54) is 24.3 Å². The summed E-state index contributed by atoms with van der Waals surface area (Å²) in [5, 5.41) is 2.84. The van der Waals surface area contributed by atoms with Crippen LogP contribution in [0.15, 0.2) is 54.6 Å². The summed E-state index contributed by atoms with van der Waals surface area (Å²) in [6.07, 6.45) is -0.677. The second kappa shape index (κ2) is 11.4. The van der Waals surface area contributed by atoms with Crippen LogP contribution in [0.3, 0.4) is 0 Å². The molecule has 3 rings (SSSR count). The van der Waals surface area contributed by atoms with Gasteiger partial charge in [-0.1, -0.05) is 43.7 Å². The number of hydrogen-bond acceptors (Lipinski definition) is 3. The van der Waals surface area contributed by atoms with E-state index in [2.05, 4.69) is 28.8 Å².